The fraction of sp³-hybridized carbons (Fsp3) is 0.500. The van der Waals surface area contributed by atoms with Gasteiger partial charge in [-0.25, -0.2) is 9.97 Å². The van der Waals surface area contributed by atoms with Crippen molar-refractivity contribution in [2.24, 2.45) is 11.8 Å². The van der Waals surface area contributed by atoms with Gasteiger partial charge in [-0.3, -0.25) is 14.0 Å². The lowest BCUT2D eigenvalue weighted by atomic mass is 9.99. The lowest BCUT2D eigenvalue weighted by molar-refractivity contribution is -0.119. The lowest BCUT2D eigenvalue weighted by Crippen LogP contribution is -2.39. The summed E-state index contributed by atoms with van der Waals surface area (Å²) in [5.74, 6) is 1.69. The molecule has 1 aliphatic heterocycles. The highest BCUT2D eigenvalue weighted by atomic mass is 16.5. The van der Waals surface area contributed by atoms with Crippen molar-refractivity contribution < 1.29 is 14.3 Å². The predicted octanol–water partition coefficient (Wildman–Crippen LogP) is 5.54. The molecule has 41 heavy (non-hydrogen) atoms. The van der Waals surface area contributed by atoms with E-state index in [0.29, 0.717) is 28.9 Å². The Hall–Kier alpha value is -3.88. The zero-order valence-electron chi connectivity index (χ0n) is 24.7. The fourth-order valence-electron chi connectivity index (χ4n) is 6.26. The molecule has 1 saturated heterocycles. The van der Waals surface area contributed by atoms with Crippen LogP contribution in [0.5, 0.6) is 5.88 Å². The third-order valence-corrected chi connectivity index (χ3v) is 8.61. The smallest absolute Gasteiger partial charge is 0.254 e. The number of imidazole rings is 1. The van der Waals surface area contributed by atoms with E-state index in [9.17, 15) is 9.59 Å². The van der Waals surface area contributed by atoms with Crippen LogP contribution in [0, 0.1) is 18.8 Å². The number of carbonyl (C=O) groups is 2. The quantitative estimate of drug-likeness (QED) is 0.308. The largest absolute Gasteiger partial charge is 0.482 e. The first-order chi connectivity index (χ1) is 19.8. The second-order valence-electron chi connectivity index (χ2n) is 11.9. The minimum absolute atomic E-state index is 0.0313. The summed E-state index contributed by atoms with van der Waals surface area (Å²) >= 11 is 0. The lowest BCUT2D eigenvalue weighted by Gasteiger charge is -2.31. The van der Waals surface area contributed by atoms with Crippen molar-refractivity contribution in [3.8, 4) is 17.3 Å². The van der Waals surface area contributed by atoms with E-state index in [1.54, 1.807) is 14.0 Å². The Bertz CT molecular complexity index is 1630. The second kappa shape index (κ2) is 10.8. The molecule has 0 bridgehead atoms. The molecule has 5 heterocycles. The van der Waals surface area contributed by atoms with Gasteiger partial charge in [-0.15, -0.1) is 0 Å². The van der Waals surface area contributed by atoms with Crippen LogP contribution in [-0.2, 0) is 11.3 Å². The van der Waals surface area contributed by atoms with Crippen LogP contribution in [0.4, 0.5) is 0 Å². The van der Waals surface area contributed by atoms with E-state index in [1.807, 2.05) is 34.4 Å². The van der Waals surface area contributed by atoms with Gasteiger partial charge in [-0.2, -0.15) is 0 Å². The third-order valence-electron chi connectivity index (χ3n) is 8.61. The topological polar surface area (TPSA) is 93.8 Å². The molecular weight excluding hydrogens is 516 g/mol. The molecule has 1 aliphatic carbocycles. The second-order valence-corrected chi connectivity index (χ2v) is 11.9. The number of ether oxygens (including phenoxy) is 1. The number of pyridine rings is 2. The third kappa shape index (κ3) is 5.18. The van der Waals surface area contributed by atoms with Crippen LogP contribution in [0.1, 0.15) is 80.7 Å². The van der Waals surface area contributed by atoms with Crippen molar-refractivity contribution >= 4 is 28.5 Å². The molecule has 0 aromatic carbocycles. The number of likely N-dealkylation sites (tertiary alicyclic amines) is 1. The first-order valence-corrected chi connectivity index (χ1v) is 14.9. The van der Waals surface area contributed by atoms with Gasteiger partial charge in [-0.1, -0.05) is 13.8 Å². The van der Waals surface area contributed by atoms with Crippen LogP contribution in [0.2, 0.25) is 0 Å². The maximum atomic E-state index is 13.5. The summed E-state index contributed by atoms with van der Waals surface area (Å²) in [7, 11) is 1.64. The summed E-state index contributed by atoms with van der Waals surface area (Å²) in [6.07, 6.45) is 5.37. The van der Waals surface area contributed by atoms with Crippen LogP contribution in [0.25, 0.3) is 28.1 Å². The van der Waals surface area contributed by atoms with E-state index in [2.05, 4.69) is 35.9 Å². The molecule has 0 radical (unpaired) electrons. The highest BCUT2D eigenvalue weighted by molar-refractivity contribution is 5.96. The van der Waals surface area contributed by atoms with E-state index in [4.69, 9.17) is 14.7 Å². The van der Waals surface area contributed by atoms with Crippen LogP contribution >= 0.6 is 0 Å². The van der Waals surface area contributed by atoms with Gasteiger partial charge in [0.25, 0.3) is 5.91 Å². The molecule has 1 unspecified atom stereocenters. The number of amides is 2. The first-order valence-electron chi connectivity index (χ1n) is 14.9. The Labute approximate surface area is 240 Å². The molecule has 0 spiro atoms. The average Bonchev–Trinajstić information content (AvgIpc) is 3.64. The van der Waals surface area contributed by atoms with Gasteiger partial charge in [0.1, 0.15) is 17.0 Å². The number of fused-ring (bicyclic) bond motifs is 2. The Morgan fingerprint density at radius 2 is 1.95 bits per heavy atom. The molecule has 1 N–H and O–H groups in total. The maximum Gasteiger partial charge on any atom is 0.254 e. The number of aromatic nitrogens is 4. The number of rotatable bonds is 8. The highest BCUT2D eigenvalue weighted by Gasteiger charge is 2.28. The number of carbonyl (C=O) groups excluding carboxylic acids is 2. The van der Waals surface area contributed by atoms with Gasteiger partial charge in [0.05, 0.1) is 30.2 Å². The average molecular weight is 557 g/mol. The van der Waals surface area contributed by atoms with Crippen molar-refractivity contribution in [3.63, 3.8) is 0 Å². The summed E-state index contributed by atoms with van der Waals surface area (Å²) < 4.78 is 10.1. The van der Waals surface area contributed by atoms with Gasteiger partial charge < -0.3 is 19.5 Å². The van der Waals surface area contributed by atoms with Gasteiger partial charge in [-0.05, 0) is 75.1 Å². The normalized spacial score (nSPS) is 18.2. The molecule has 1 saturated carbocycles. The molecule has 6 rings (SSSR count). The minimum atomic E-state index is -0.135. The van der Waals surface area contributed by atoms with Crippen LogP contribution in [0.15, 0.2) is 30.3 Å². The molecule has 2 atom stereocenters. The maximum absolute atomic E-state index is 13.5. The molecule has 2 aliphatic rings. The van der Waals surface area contributed by atoms with Crippen molar-refractivity contribution in [1.29, 1.82) is 0 Å². The van der Waals surface area contributed by atoms with Crippen molar-refractivity contribution in [3.05, 3.63) is 47.3 Å². The van der Waals surface area contributed by atoms with Crippen LogP contribution in [0.3, 0.4) is 0 Å². The molecule has 2 fully saturated rings. The highest BCUT2D eigenvalue weighted by Crippen LogP contribution is 2.37. The Kier molecular flexibility index (Phi) is 7.21. The molecule has 9 nitrogen and oxygen atoms in total. The Morgan fingerprint density at radius 3 is 2.63 bits per heavy atom. The predicted molar refractivity (Wildman–Crippen MR) is 159 cm³/mol. The molecule has 2 amide bonds. The number of hydrogen-bond donors (Lipinski definition) is 1. The SMILES string of the molecule is CCC(NC(C)=O)c1ccc2cc(-c3nc4cc(C(=O)N5CCC[C@@H](C)C5)cc(OC)n4c3C)n(CC3CC3)c2n1. The van der Waals surface area contributed by atoms with Crippen molar-refractivity contribution in [2.75, 3.05) is 20.2 Å². The van der Waals surface area contributed by atoms with E-state index in [-0.39, 0.29) is 17.9 Å². The molecule has 9 heteroatoms. The zero-order chi connectivity index (χ0) is 28.8. The van der Waals surface area contributed by atoms with Gasteiger partial charge in [0.15, 0.2) is 5.88 Å². The van der Waals surface area contributed by atoms with Gasteiger partial charge >= 0.3 is 0 Å². The summed E-state index contributed by atoms with van der Waals surface area (Å²) in [4.78, 5) is 37.4. The molecule has 4 aromatic rings. The van der Waals surface area contributed by atoms with E-state index in [0.717, 1.165) is 72.7 Å². The Balaban J connectivity index is 1.46. The number of aryl methyl sites for hydroxylation is 1. The summed E-state index contributed by atoms with van der Waals surface area (Å²) in [6, 6.07) is 9.87. The minimum Gasteiger partial charge on any atom is -0.482 e. The fourth-order valence-corrected chi connectivity index (χ4v) is 6.26. The number of nitrogens with one attached hydrogen (secondary N) is 1. The van der Waals surface area contributed by atoms with E-state index in [1.165, 1.54) is 12.8 Å². The van der Waals surface area contributed by atoms with Crippen LogP contribution in [-0.4, -0.2) is 55.8 Å². The monoisotopic (exact) mass is 556 g/mol. The molecular formula is C32H40N6O3. The van der Waals surface area contributed by atoms with Gasteiger partial charge in [0.2, 0.25) is 5.91 Å². The van der Waals surface area contributed by atoms with Gasteiger partial charge in [0, 0.05) is 43.6 Å². The first kappa shape index (κ1) is 27.3. The number of hydrogen-bond acceptors (Lipinski definition) is 5. The molecule has 4 aromatic heterocycles. The van der Waals surface area contributed by atoms with E-state index < -0.39 is 0 Å². The summed E-state index contributed by atoms with van der Waals surface area (Å²) in [6.45, 7) is 10.3. The molecule has 216 valence electrons. The summed E-state index contributed by atoms with van der Waals surface area (Å²) in [5.41, 5.74) is 5.88. The standard InChI is InChI=1S/C32H40N6O3/c1-6-25(33-21(4)39)26-12-11-23-14-27(37(31(23)34-26)18-22-9-10-22)30-20(3)38-28(35-30)15-24(16-29(38)41-5)32(40)36-13-7-8-19(2)17-36/h11-12,14-16,19,22,25H,6-10,13,17-18H2,1-5H3,(H,33,39)/t19-,25?/m1/s1. The number of nitrogens with zero attached hydrogens (tertiary/aromatic N) is 5. The number of methoxy groups -OCH3 is 1. The number of piperidine rings is 1. The van der Waals surface area contributed by atoms with Crippen LogP contribution < -0.4 is 10.1 Å². The zero-order valence-corrected chi connectivity index (χ0v) is 24.7. The van der Waals surface area contributed by atoms with Crippen molar-refractivity contribution in [1.82, 2.24) is 29.2 Å². The van der Waals surface area contributed by atoms with Crippen molar-refractivity contribution in [2.45, 2.75) is 72.4 Å². The van der Waals surface area contributed by atoms with E-state index >= 15 is 0 Å². The summed E-state index contributed by atoms with van der Waals surface area (Å²) in [5, 5.41) is 4.07. The Morgan fingerprint density at radius 1 is 1.15 bits per heavy atom.